The summed E-state index contributed by atoms with van der Waals surface area (Å²) in [5, 5.41) is 8.79. The lowest BCUT2D eigenvalue weighted by Gasteiger charge is -2.14. The normalized spacial score (nSPS) is 11.3. The Labute approximate surface area is 109 Å². The molecule has 1 N–H and O–H groups in total. The van der Waals surface area contributed by atoms with Crippen LogP contribution in [0.1, 0.15) is 15.9 Å². The van der Waals surface area contributed by atoms with E-state index in [2.05, 4.69) is 4.98 Å². The molecule has 0 radical (unpaired) electrons. The zero-order chi connectivity index (χ0) is 14.9. The van der Waals surface area contributed by atoms with Crippen LogP contribution in [0.4, 0.5) is 13.2 Å². The molecule has 0 unspecified atom stereocenters. The predicted molar refractivity (Wildman–Crippen MR) is 61.8 cm³/mol. The molecule has 2 aromatic rings. The first-order chi connectivity index (χ1) is 9.30. The molecular weight excluding hydrogens is 277 g/mol. The SMILES string of the molecule is O=C(O)c1cn(-c2ccccc2C(F)(F)F)cnc1=O. The largest absolute Gasteiger partial charge is 0.477 e. The number of para-hydroxylation sites is 1. The second kappa shape index (κ2) is 4.80. The fourth-order valence-corrected chi connectivity index (χ4v) is 1.63. The highest BCUT2D eigenvalue weighted by molar-refractivity contribution is 5.86. The number of hydrogen-bond donors (Lipinski definition) is 1. The molecule has 104 valence electrons. The number of aromatic carboxylic acids is 1. The van der Waals surface area contributed by atoms with Gasteiger partial charge in [0.05, 0.1) is 11.3 Å². The van der Waals surface area contributed by atoms with E-state index in [4.69, 9.17) is 5.11 Å². The molecule has 0 fully saturated rings. The van der Waals surface area contributed by atoms with Crippen LogP contribution in [0.5, 0.6) is 0 Å². The third-order valence-electron chi connectivity index (χ3n) is 2.52. The van der Waals surface area contributed by atoms with Crippen LogP contribution in [0.3, 0.4) is 0 Å². The van der Waals surface area contributed by atoms with Gasteiger partial charge in [-0.15, -0.1) is 0 Å². The monoisotopic (exact) mass is 284 g/mol. The number of hydrogen-bond acceptors (Lipinski definition) is 3. The van der Waals surface area contributed by atoms with E-state index in [1.54, 1.807) is 0 Å². The highest BCUT2D eigenvalue weighted by Crippen LogP contribution is 2.33. The molecule has 0 aliphatic carbocycles. The lowest BCUT2D eigenvalue weighted by molar-refractivity contribution is -0.137. The van der Waals surface area contributed by atoms with E-state index in [1.807, 2.05) is 0 Å². The first kappa shape index (κ1) is 13.8. The van der Waals surface area contributed by atoms with Crippen LogP contribution in [0.25, 0.3) is 5.69 Å². The smallest absolute Gasteiger partial charge is 0.418 e. The standard InChI is InChI=1S/C12H7F3N2O3/c13-12(14,15)8-3-1-2-4-9(8)17-5-7(11(19)20)10(18)16-6-17/h1-6H,(H,19,20). The Morgan fingerprint density at radius 3 is 2.50 bits per heavy atom. The molecule has 1 heterocycles. The summed E-state index contributed by atoms with van der Waals surface area (Å²) in [5.74, 6) is -1.55. The van der Waals surface area contributed by atoms with Crippen molar-refractivity contribution in [1.82, 2.24) is 9.55 Å². The summed E-state index contributed by atoms with van der Waals surface area (Å²) in [4.78, 5) is 25.3. The highest BCUT2D eigenvalue weighted by Gasteiger charge is 2.33. The van der Waals surface area contributed by atoms with Crippen LogP contribution in [0.15, 0.2) is 41.6 Å². The summed E-state index contributed by atoms with van der Waals surface area (Å²) in [6.07, 6.45) is -2.95. The van der Waals surface area contributed by atoms with Crippen molar-refractivity contribution in [2.75, 3.05) is 0 Å². The van der Waals surface area contributed by atoms with Crippen molar-refractivity contribution in [2.45, 2.75) is 6.18 Å². The summed E-state index contributed by atoms with van der Waals surface area (Å²) in [5.41, 5.74) is -2.99. The van der Waals surface area contributed by atoms with Gasteiger partial charge >= 0.3 is 12.1 Å². The van der Waals surface area contributed by atoms with Crippen molar-refractivity contribution < 1.29 is 23.1 Å². The van der Waals surface area contributed by atoms with E-state index < -0.39 is 28.8 Å². The zero-order valence-corrected chi connectivity index (χ0v) is 9.76. The van der Waals surface area contributed by atoms with Crippen molar-refractivity contribution in [3.63, 3.8) is 0 Å². The molecule has 2 rings (SSSR count). The average molecular weight is 284 g/mol. The molecule has 8 heteroatoms. The average Bonchev–Trinajstić information content (AvgIpc) is 2.38. The number of nitrogens with zero attached hydrogens (tertiary/aromatic N) is 2. The van der Waals surface area contributed by atoms with Gasteiger partial charge in [0.2, 0.25) is 0 Å². The minimum absolute atomic E-state index is 0.310. The first-order valence-electron chi connectivity index (χ1n) is 5.29. The van der Waals surface area contributed by atoms with Gasteiger partial charge in [-0.25, -0.2) is 4.79 Å². The Kier molecular flexibility index (Phi) is 3.31. The lowest BCUT2D eigenvalue weighted by atomic mass is 10.1. The Balaban J connectivity index is 2.67. The van der Waals surface area contributed by atoms with Gasteiger partial charge in [-0.2, -0.15) is 18.2 Å². The minimum atomic E-state index is -4.61. The van der Waals surface area contributed by atoms with E-state index >= 15 is 0 Å². The second-order valence-electron chi connectivity index (χ2n) is 3.82. The molecule has 0 saturated heterocycles. The number of carbonyl (C=O) groups is 1. The van der Waals surface area contributed by atoms with Gasteiger partial charge in [0.15, 0.2) is 0 Å². The number of rotatable bonds is 2. The quantitative estimate of drug-likeness (QED) is 0.914. The van der Waals surface area contributed by atoms with Gasteiger partial charge < -0.3 is 9.67 Å². The number of alkyl halides is 3. The summed E-state index contributed by atoms with van der Waals surface area (Å²) >= 11 is 0. The molecule has 0 atom stereocenters. The van der Waals surface area contributed by atoms with Gasteiger partial charge in [-0.1, -0.05) is 12.1 Å². The number of carboxylic acid groups (broad SMARTS) is 1. The lowest BCUT2D eigenvalue weighted by Crippen LogP contribution is -2.21. The maximum Gasteiger partial charge on any atom is 0.418 e. The summed E-state index contributed by atoms with van der Waals surface area (Å²) < 4.78 is 39.4. The molecule has 0 amide bonds. The second-order valence-corrected chi connectivity index (χ2v) is 3.82. The van der Waals surface area contributed by atoms with Gasteiger partial charge in [0, 0.05) is 6.20 Å². The maximum atomic E-state index is 12.9. The molecule has 0 saturated carbocycles. The molecule has 0 spiro atoms. The molecule has 0 aliphatic rings. The number of halogens is 3. The van der Waals surface area contributed by atoms with Crippen molar-refractivity contribution in [2.24, 2.45) is 0 Å². The number of benzene rings is 1. The van der Waals surface area contributed by atoms with Crippen LogP contribution in [-0.2, 0) is 6.18 Å². The highest BCUT2D eigenvalue weighted by atomic mass is 19.4. The third kappa shape index (κ3) is 2.53. The molecule has 5 nitrogen and oxygen atoms in total. The van der Waals surface area contributed by atoms with E-state index in [1.165, 1.54) is 12.1 Å². The first-order valence-corrected chi connectivity index (χ1v) is 5.29. The summed E-state index contributed by atoms with van der Waals surface area (Å²) in [6, 6.07) is 4.58. The van der Waals surface area contributed by atoms with Gasteiger partial charge in [-0.05, 0) is 12.1 Å². The van der Waals surface area contributed by atoms with E-state index in [0.29, 0.717) is 0 Å². The fraction of sp³-hybridized carbons (Fsp3) is 0.0833. The number of aromatic nitrogens is 2. The Morgan fingerprint density at radius 2 is 1.90 bits per heavy atom. The predicted octanol–water partition coefficient (Wildman–Crippen LogP) is 1.95. The topological polar surface area (TPSA) is 72.2 Å². The van der Waals surface area contributed by atoms with Gasteiger partial charge in [0.1, 0.15) is 11.9 Å². The maximum absolute atomic E-state index is 12.9. The van der Waals surface area contributed by atoms with Crippen LogP contribution in [0, 0.1) is 0 Å². The van der Waals surface area contributed by atoms with Gasteiger partial charge in [0.25, 0.3) is 5.56 Å². The summed E-state index contributed by atoms with van der Waals surface area (Å²) in [6.45, 7) is 0. The van der Waals surface area contributed by atoms with Crippen molar-refractivity contribution in [3.8, 4) is 5.69 Å². The van der Waals surface area contributed by atoms with Crippen LogP contribution >= 0.6 is 0 Å². The third-order valence-corrected chi connectivity index (χ3v) is 2.52. The Morgan fingerprint density at radius 1 is 1.25 bits per heavy atom. The van der Waals surface area contributed by atoms with Gasteiger partial charge in [-0.3, -0.25) is 4.79 Å². The molecule has 0 aliphatic heterocycles. The van der Waals surface area contributed by atoms with E-state index in [-0.39, 0.29) is 5.69 Å². The minimum Gasteiger partial charge on any atom is -0.477 e. The van der Waals surface area contributed by atoms with E-state index in [0.717, 1.165) is 29.2 Å². The summed E-state index contributed by atoms with van der Waals surface area (Å²) in [7, 11) is 0. The number of carboxylic acids is 1. The Hall–Kier alpha value is -2.64. The van der Waals surface area contributed by atoms with Crippen molar-refractivity contribution in [3.05, 3.63) is 58.3 Å². The van der Waals surface area contributed by atoms with Crippen LogP contribution < -0.4 is 5.56 Å². The molecule has 1 aromatic carbocycles. The van der Waals surface area contributed by atoms with E-state index in [9.17, 15) is 22.8 Å². The molecule has 1 aromatic heterocycles. The van der Waals surface area contributed by atoms with Crippen molar-refractivity contribution >= 4 is 5.97 Å². The van der Waals surface area contributed by atoms with Crippen molar-refractivity contribution in [1.29, 1.82) is 0 Å². The molecule has 20 heavy (non-hydrogen) atoms. The molecular formula is C12H7F3N2O3. The van der Waals surface area contributed by atoms with Crippen LogP contribution in [0.2, 0.25) is 0 Å². The molecule has 0 bridgehead atoms. The zero-order valence-electron chi connectivity index (χ0n) is 9.76. The van der Waals surface area contributed by atoms with Crippen LogP contribution in [-0.4, -0.2) is 20.6 Å². The fourth-order valence-electron chi connectivity index (χ4n) is 1.63. The Bertz CT molecular complexity index is 722.